The molecule has 1 heterocycles. The van der Waals surface area contributed by atoms with Gasteiger partial charge in [-0.1, -0.05) is 0 Å². The average Bonchev–Trinajstić information content (AvgIpc) is 3.01. The van der Waals surface area contributed by atoms with Crippen molar-refractivity contribution in [2.24, 2.45) is 11.7 Å². The Balaban J connectivity index is 2.29. The molecule has 0 spiro atoms. The van der Waals surface area contributed by atoms with Gasteiger partial charge in [0.25, 0.3) is 0 Å². The van der Waals surface area contributed by atoms with Crippen LogP contribution in [0, 0.1) is 12.8 Å². The van der Waals surface area contributed by atoms with Gasteiger partial charge in [0.15, 0.2) is 0 Å². The lowest BCUT2D eigenvalue weighted by molar-refractivity contribution is 0.340. The Morgan fingerprint density at radius 1 is 1.65 bits per heavy atom. The molecular weight excluding hydrogens is 240 g/mol. The van der Waals surface area contributed by atoms with Gasteiger partial charge in [-0.15, -0.1) is 0 Å². The summed E-state index contributed by atoms with van der Waals surface area (Å²) in [7, 11) is -1.89. The summed E-state index contributed by atoms with van der Waals surface area (Å²) in [5, 5.41) is 6.40. The molecule has 1 aliphatic rings. The van der Waals surface area contributed by atoms with Crippen molar-refractivity contribution in [1.29, 1.82) is 0 Å². The first-order valence-electron chi connectivity index (χ1n) is 5.66. The van der Waals surface area contributed by atoms with E-state index in [0.717, 1.165) is 12.8 Å². The van der Waals surface area contributed by atoms with Crippen molar-refractivity contribution >= 4 is 10.0 Å². The van der Waals surface area contributed by atoms with Crippen LogP contribution in [0.15, 0.2) is 11.1 Å². The number of hydrogen-bond donors (Lipinski definition) is 2. The van der Waals surface area contributed by atoms with Crippen molar-refractivity contribution in [3.05, 3.63) is 11.9 Å². The third-order valence-electron chi connectivity index (χ3n) is 3.32. The Bertz CT molecular complexity index is 492. The maximum Gasteiger partial charge on any atom is 0.246 e. The van der Waals surface area contributed by atoms with E-state index >= 15 is 0 Å². The average molecular weight is 258 g/mol. The summed E-state index contributed by atoms with van der Waals surface area (Å²) in [5.41, 5.74) is 6.23. The van der Waals surface area contributed by atoms with Crippen LogP contribution in [0.5, 0.6) is 0 Å². The van der Waals surface area contributed by atoms with Crippen LogP contribution in [0.2, 0.25) is 0 Å². The Kier molecular flexibility index (Phi) is 3.24. The first-order valence-corrected chi connectivity index (χ1v) is 7.10. The first-order chi connectivity index (χ1) is 7.98. The Hall–Kier alpha value is -0.920. The molecule has 1 aliphatic carbocycles. The molecular formula is C10H18N4O2S. The van der Waals surface area contributed by atoms with Crippen molar-refractivity contribution < 1.29 is 8.42 Å². The SMILES string of the molecule is Cc1[nH]ncc1S(=O)(=O)N(C)C(CN)C1CC1. The summed E-state index contributed by atoms with van der Waals surface area (Å²) >= 11 is 0. The van der Waals surface area contributed by atoms with Crippen LogP contribution >= 0.6 is 0 Å². The number of H-pyrrole nitrogens is 1. The third kappa shape index (κ3) is 2.22. The van der Waals surface area contributed by atoms with Crippen LogP contribution in [-0.4, -0.2) is 42.6 Å². The number of aromatic amines is 1. The van der Waals surface area contributed by atoms with Crippen LogP contribution in [0.1, 0.15) is 18.5 Å². The van der Waals surface area contributed by atoms with Crippen molar-refractivity contribution in [3.63, 3.8) is 0 Å². The van der Waals surface area contributed by atoms with E-state index in [2.05, 4.69) is 10.2 Å². The van der Waals surface area contributed by atoms with Gasteiger partial charge in [0.05, 0.1) is 11.9 Å². The Morgan fingerprint density at radius 2 is 2.29 bits per heavy atom. The molecule has 1 fully saturated rings. The smallest absolute Gasteiger partial charge is 0.246 e. The molecule has 0 aromatic carbocycles. The molecule has 17 heavy (non-hydrogen) atoms. The molecule has 0 saturated heterocycles. The number of aryl methyl sites for hydroxylation is 1. The van der Waals surface area contributed by atoms with Crippen molar-refractivity contribution in [3.8, 4) is 0 Å². The molecule has 0 radical (unpaired) electrons. The minimum atomic E-state index is -3.48. The Morgan fingerprint density at radius 3 is 2.71 bits per heavy atom. The van der Waals surface area contributed by atoms with E-state index in [1.165, 1.54) is 10.5 Å². The highest BCUT2D eigenvalue weighted by molar-refractivity contribution is 7.89. The van der Waals surface area contributed by atoms with Gasteiger partial charge in [0, 0.05) is 19.6 Å². The Labute approximate surface area is 101 Å². The highest BCUT2D eigenvalue weighted by atomic mass is 32.2. The number of rotatable bonds is 5. The number of sulfonamides is 1. The quantitative estimate of drug-likeness (QED) is 0.782. The van der Waals surface area contributed by atoms with Gasteiger partial charge in [-0.2, -0.15) is 9.40 Å². The van der Waals surface area contributed by atoms with Crippen molar-refractivity contribution in [2.45, 2.75) is 30.7 Å². The van der Waals surface area contributed by atoms with Crippen LogP contribution in [0.25, 0.3) is 0 Å². The molecule has 2 rings (SSSR count). The summed E-state index contributed by atoms with van der Waals surface area (Å²) in [6, 6.07) is -0.103. The van der Waals surface area contributed by atoms with Gasteiger partial charge in [-0.3, -0.25) is 5.10 Å². The van der Waals surface area contributed by atoms with Gasteiger partial charge in [-0.05, 0) is 25.7 Å². The van der Waals surface area contributed by atoms with Crippen LogP contribution in [-0.2, 0) is 10.0 Å². The fourth-order valence-corrected chi connectivity index (χ4v) is 3.60. The van der Waals surface area contributed by atoms with Crippen LogP contribution < -0.4 is 5.73 Å². The van der Waals surface area contributed by atoms with Gasteiger partial charge in [0.1, 0.15) is 4.90 Å². The lowest BCUT2D eigenvalue weighted by Gasteiger charge is -2.26. The zero-order valence-electron chi connectivity index (χ0n) is 10.0. The lowest BCUT2D eigenvalue weighted by Crippen LogP contribution is -2.43. The fourth-order valence-electron chi connectivity index (χ4n) is 2.05. The van der Waals surface area contributed by atoms with E-state index in [0.29, 0.717) is 18.2 Å². The predicted octanol–water partition coefficient (Wildman–Crippen LogP) is 0.0759. The molecule has 1 atom stereocenters. The number of hydrogen-bond acceptors (Lipinski definition) is 4. The molecule has 1 saturated carbocycles. The number of aromatic nitrogens is 2. The van der Waals surface area contributed by atoms with Gasteiger partial charge in [-0.25, -0.2) is 8.42 Å². The zero-order valence-corrected chi connectivity index (χ0v) is 10.9. The normalized spacial score (nSPS) is 18.6. The fraction of sp³-hybridized carbons (Fsp3) is 0.700. The van der Waals surface area contributed by atoms with E-state index in [-0.39, 0.29) is 10.9 Å². The van der Waals surface area contributed by atoms with Crippen LogP contribution in [0.3, 0.4) is 0 Å². The molecule has 3 N–H and O–H groups in total. The third-order valence-corrected chi connectivity index (χ3v) is 5.31. The second-order valence-electron chi connectivity index (χ2n) is 4.52. The molecule has 1 unspecified atom stereocenters. The topological polar surface area (TPSA) is 92.1 Å². The molecule has 1 aromatic heterocycles. The minimum absolute atomic E-state index is 0.103. The molecule has 0 aliphatic heterocycles. The zero-order chi connectivity index (χ0) is 12.6. The maximum atomic E-state index is 12.4. The number of likely N-dealkylation sites (N-methyl/N-ethyl adjacent to an activating group) is 1. The second kappa shape index (κ2) is 4.40. The molecule has 0 amide bonds. The number of nitrogens with one attached hydrogen (secondary N) is 1. The molecule has 6 nitrogen and oxygen atoms in total. The monoisotopic (exact) mass is 258 g/mol. The predicted molar refractivity (Wildman–Crippen MR) is 63.8 cm³/mol. The summed E-state index contributed by atoms with van der Waals surface area (Å²) in [4.78, 5) is 0.235. The highest BCUT2D eigenvalue weighted by Gasteiger charge is 2.38. The van der Waals surface area contributed by atoms with Gasteiger partial charge < -0.3 is 5.73 Å². The molecule has 7 heteroatoms. The summed E-state index contributed by atoms with van der Waals surface area (Å²) in [6.07, 6.45) is 3.47. The summed E-state index contributed by atoms with van der Waals surface area (Å²) in [6.45, 7) is 2.06. The van der Waals surface area contributed by atoms with Crippen molar-refractivity contribution in [2.75, 3.05) is 13.6 Å². The summed E-state index contributed by atoms with van der Waals surface area (Å²) in [5.74, 6) is 0.409. The van der Waals surface area contributed by atoms with E-state index in [9.17, 15) is 8.42 Å². The number of nitrogens with zero attached hydrogens (tertiary/aromatic N) is 2. The first kappa shape index (κ1) is 12.5. The van der Waals surface area contributed by atoms with Gasteiger partial charge >= 0.3 is 0 Å². The maximum absolute atomic E-state index is 12.4. The largest absolute Gasteiger partial charge is 0.329 e. The van der Waals surface area contributed by atoms with Gasteiger partial charge in [0.2, 0.25) is 10.0 Å². The van der Waals surface area contributed by atoms with E-state index < -0.39 is 10.0 Å². The lowest BCUT2D eigenvalue weighted by atomic mass is 10.2. The number of nitrogens with two attached hydrogens (primary N) is 1. The standard InChI is InChI=1S/C10H18N4O2S/c1-7-10(6-12-13-7)17(15,16)14(2)9(5-11)8-3-4-8/h6,8-9H,3-5,11H2,1-2H3,(H,12,13). The molecule has 0 bridgehead atoms. The second-order valence-corrected chi connectivity index (χ2v) is 6.49. The molecule has 96 valence electrons. The van der Waals surface area contributed by atoms with E-state index in [1.807, 2.05) is 0 Å². The van der Waals surface area contributed by atoms with E-state index in [1.54, 1.807) is 14.0 Å². The highest BCUT2D eigenvalue weighted by Crippen LogP contribution is 2.36. The van der Waals surface area contributed by atoms with Crippen molar-refractivity contribution in [1.82, 2.24) is 14.5 Å². The minimum Gasteiger partial charge on any atom is -0.329 e. The summed E-state index contributed by atoms with van der Waals surface area (Å²) < 4.78 is 26.1. The van der Waals surface area contributed by atoms with Crippen LogP contribution in [0.4, 0.5) is 0 Å². The van der Waals surface area contributed by atoms with E-state index in [4.69, 9.17) is 5.73 Å². The molecule has 1 aromatic rings.